The minimum absolute atomic E-state index is 0.172. The number of hydrogen-bond donors (Lipinski definition) is 2. The number of halogens is 1. The van der Waals surface area contributed by atoms with Gasteiger partial charge in [0.25, 0.3) is 5.56 Å². The van der Waals surface area contributed by atoms with Crippen molar-refractivity contribution in [2.24, 2.45) is 0 Å². The number of aromatic nitrogens is 2. The molecule has 2 heterocycles. The first-order valence-electron chi connectivity index (χ1n) is 6.59. The van der Waals surface area contributed by atoms with Crippen molar-refractivity contribution >= 4 is 17.3 Å². The van der Waals surface area contributed by atoms with Crippen molar-refractivity contribution < 1.29 is 4.74 Å². The average molecular weight is 299 g/mol. The van der Waals surface area contributed by atoms with Crippen molar-refractivity contribution in [3.8, 4) is 0 Å². The first kappa shape index (κ1) is 15.0. The smallest absolute Gasteiger partial charge is 0.287 e. The van der Waals surface area contributed by atoms with E-state index in [0.717, 1.165) is 19.5 Å². The lowest BCUT2D eigenvalue weighted by molar-refractivity contribution is 0.182. The zero-order valence-electron chi connectivity index (χ0n) is 11.5. The Labute approximate surface area is 122 Å². The Balaban J connectivity index is 2.03. The molecular weight excluding hydrogens is 280 g/mol. The largest absolute Gasteiger partial charge is 0.383 e. The summed E-state index contributed by atoms with van der Waals surface area (Å²) in [7, 11) is 1.58. The van der Waals surface area contributed by atoms with Gasteiger partial charge in [-0.15, -0.1) is 0 Å². The Morgan fingerprint density at radius 3 is 3.15 bits per heavy atom. The average Bonchev–Trinajstić information content (AvgIpc) is 2.49. The van der Waals surface area contributed by atoms with E-state index < -0.39 is 0 Å². The van der Waals surface area contributed by atoms with Gasteiger partial charge in [0.15, 0.2) is 0 Å². The summed E-state index contributed by atoms with van der Waals surface area (Å²) >= 11 is 6.09. The van der Waals surface area contributed by atoms with Crippen LogP contribution in [-0.4, -0.2) is 43.1 Å². The molecule has 1 aliphatic heterocycles. The highest BCUT2D eigenvalue weighted by atomic mass is 35.5. The van der Waals surface area contributed by atoms with E-state index in [4.69, 9.17) is 16.3 Å². The van der Waals surface area contributed by atoms with Gasteiger partial charge >= 0.3 is 0 Å². The molecule has 1 aromatic heterocycles. The molecule has 1 aromatic rings. The maximum atomic E-state index is 12.0. The van der Waals surface area contributed by atoms with Crippen LogP contribution in [0.15, 0.2) is 22.6 Å². The Kier molecular flexibility index (Phi) is 5.58. The van der Waals surface area contributed by atoms with Crippen LogP contribution >= 0.6 is 11.6 Å². The third-order valence-corrected chi connectivity index (χ3v) is 3.52. The van der Waals surface area contributed by atoms with Crippen molar-refractivity contribution in [3.63, 3.8) is 0 Å². The van der Waals surface area contributed by atoms with Crippen LogP contribution in [-0.2, 0) is 11.3 Å². The van der Waals surface area contributed by atoms with Crippen molar-refractivity contribution in [3.05, 3.63) is 33.2 Å². The molecule has 0 spiro atoms. The summed E-state index contributed by atoms with van der Waals surface area (Å²) in [6.45, 7) is 3.38. The molecule has 6 nitrogen and oxygen atoms in total. The van der Waals surface area contributed by atoms with Crippen LogP contribution in [0.5, 0.6) is 0 Å². The monoisotopic (exact) mass is 298 g/mol. The van der Waals surface area contributed by atoms with Crippen LogP contribution in [0.25, 0.3) is 0 Å². The van der Waals surface area contributed by atoms with Crippen LogP contribution in [0.1, 0.15) is 6.42 Å². The highest BCUT2D eigenvalue weighted by molar-refractivity contribution is 6.32. The van der Waals surface area contributed by atoms with E-state index in [1.807, 2.05) is 0 Å². The molecule has 0 amide bonds. The molecule has 0 saturated heterocycles. The van der Waals surface area contributed by atoms with Gasteiger partial charge < -0.3 is 15.4 Å². The second-order valence-electron chi connectivity index (χ2n) is 4.56. The summed E-state index contributed by atoms with van der Waals surface area (Å²) in [5.41, 5.74) is 1.58. The predicted molar refractivity (Wildman–Crippen MR) is 79.4 cm³/mol. The third-order valence-electron chi connectivity index (χ3n) is 3.16. The van der Waals surface area contributed by atoms with Crippen LogP contribution in [0, 0.1) is 0 Å². The minimum Gasteiger partial charge on any atom is -0.383 e. The lowest BCUT2D eigenvalue weighted by Gasteiger charge is -2.16. The van der Waals surface area contributed by atoms with Gasteiger partial charge in [-0.3, -0.25) is 4.79 Å². The highest BCUT2D eigenvalue weighted by Gasteiger charge is 2.10. The Morgan fingerprint density at radius 1 is 1.60 bits per heavy atom. The first-order chi connectivity index (χ1) is 9.72. The lowest BCUT2D eigenvalue weighted by atomic mass is 10.1. The number of anilines is 1. The van der Waals surface area contributed by atoms with E-state index in [1.165, 1.54) is 10.3 Å². The summed E-state index contributed by atoms with van der Waals surface area (Å²) < 4.78 is 6.23. The summed E-state index contributed by atoms with van der Waals surface area (Å²) in [6.07, 6.45) is 4.74. The molecule has 0 unspecified atom stereocenters. The molecule has 2 N–H and O–H groups in total. The predicted octanol–water partition coefficient (Wildman–Crippen LogP) is 0.875. The van der Waals surface area contributed by atoms with Gasteiger partial charge in [-0.2, -0.15) is 5.10 Å². The molecule has 2 rings (SSSR count). The van der Waals surface area contributed by atoms with Gasteiger partial charge in [0.2, 0.25) is 0 Å². The van der Waals surface area contributed by atoms with Crippen molar-refractivity contribution in [2.75, 3.05) is 38.7 Å². The standard InChI is InChI=1S/C13H19ClN4O2/c1-20-7-6-18-13(19)12(14)11(9-17-18)16-8-10-2-4-15-5-3-10/h2,9,15-16H,3-8H2,1H3. The topological polar surface area (TPSA) is 68.2 Å². The molecule has 0 bridgehead atoms. The van der Waals surface area contributed by atoms with E-state index in [1.54, 1.807) is 13.3 Å². The second kappa shape index (κ2) is 7.42. The quantitative estimate of drug-likeness (QED) is 0.763. The Bertz CT molecular complexity index is 542. The van der Waals surface area contributed by atoms with E-state index in [0.29, 0.717) is 25.4 Å². The van der Waals surface area contributed by atoms with Crippen LogP contribution < -0.4 is 16.2 Å². The van der Waals surface area contributed by atoms with Crippen LogP contribution in [0.2, 0.25) is 5.02 Å². The Morgan fingerprint density at radius 2 is 2.45 bits per heavy atom. The number of nitrogens with one attached hydrogen (secondary N) is 2. The Hall–Kier alpha value is -1.37. The van der Waals surface area contributed by atoms with Crippen LogP contribution in [0.3, 0.4) is 0 Å². The van der Waals surface area contributed by atoms with Crippen molar-refractivity contribution in [1.82, 2.24) is 15.1 Å². The first-order valence-corrected chi connectivity index (χ1v) is 6.97. The second-order valence-corrected chi connectivity index (χ2v) is 4.94. The molecule has 0 aliphatic carbocycles. The number of methoxy groups -OCH3 is 1. The van der Waals surface area contributed by atoms with E-state index in [9.17, 15) is 4.79 Å². The number of hydrogen-bond acceptors (Lipinski definition) is 5. The molecule has 110 valence electrons. The molecule has 0 aromatic carbocycles. The summed E-state index contributed by atoms with van der Waals surface area (Å²) in [6, 6.07) is 0. The zero-order valence-corrected chi connectivity index (χ0v) is 12.2. The maximum Gasteiger partial charge on any atom is 0.287 e. The van der Waals surface area contributed by atoms with Gasteiger partial charge in [-0.25, -0.2) is 4.68 Å². The molecule has 0 atom stereocenters. The SMILES string of the molecule is COCCn1ncc(NCC2=CCNCC2)c(Cl)c1=O. The fourth-order valence-corrected chi connectivity index (χ4v) is 2.18. The number of ether oxygens (including phenoxy) is 1. The fraction of sp³-hybridized carbons (Fsp3) is 0.538. The summed E-state index contributed by atoms with van der Waals surface area (Å²) in [5, 5.41) is 10.7. The molecule has 20 heavy (non-hydrogen) atoms. The summed E-state index contributed by atoms with van der Waals surface area (Å²) in [4.78, 5) is 12.0. The van der Waals surface area contributed by atoms with Crippen molar-refractivity contribution in [2.45, 2.75) is 13.0 Å². The molecule has 1 aliphatic rings. The zero-order chi connectivity index (χ0) is 14.4. The highest BCUT2D eigenvalue weighted by Crippen LogP contribution is 2.16. The molecule has 0 saturated carbocycles. The molecule has 0 radical (unpaired) electrons. The minimum atomic E-state index is -0.298. The van der Waals surface area contributed by atoms with Gasteiger partial charge in [-0.1, -0.05) is 23.3 Å². The van der Waals surface area contributed by atoms with Gasteiger partial charge in [0.1, 0.15) is 5.02 Å². The van der Waals surface area contributed by atoms with Gasteiger partial charge in [0.05, 0.1) is 25.0 Å². The van der Waals surface area contributed by atoms with Crippen LogP contribution in [0.4, 0.5) is 5.69 Å². The van der Waals surface area contributed by atoms with Gasteiger partial charge in [0, 0.05) is 20.2 Å². The van der Waals surface area contributed by atoms with E-state index >= 15 is 0 Å². The van der Waals surface area contributed by atoms with Gasteiger partial charge in [-0.05, 0) is 13.0 Å². The maximum absolute atomic E-state index is 12.0. The fourth-order valence-electron chi connectivity index (χ4n) is 1.96. The lowest BCUT2D eigenvalue weighted by Crippen LogP contribution is -2.27. The molecule has 7 heteroatoms. The summed E-state index contributed by atoms with van der Waals surface area (Å²) in [5.74, 6) is 0. The van der Waals surface area contributed by atoms with Crippen molar-refractivity contribution in [1.29, 1.82) is 0 Å². The molecule has 0 fully saturated rings. The number of rotatable bonds is 6. The third kappa shape index (κ3) is 3.82. The number of nitrogens with zero attached hydrogens (tertiary/aromatic N) is 2. The normalized spacial score (nSPS) is 15.0. The van der Waals surface area contributed by atoms with E-state index in [2.05, 4.69) is 21.8 Å². The van der Waals surface area contributed by atoms with E-state index in [-0.39, 0.29) is 10.6 Å². The molecular formula is C13H19ClN4O2.